The normalized spacial score (nSPS) is 11.4. The fourth-order valence-corrected chi connectivity index (χ4v) is 3.68. The van der Waals surface area contributed by atoms with Crippen molar-refractivity contribution in [2.24, 2.45) is 0 Å². The van der Waals surface area contributed by atoms with E-state index in [4.69, 9.17) is 9.15 Å². The summed E-state index contributed by atoms with van der Waals surface area (Å²) >= 11 is 0. The molecule has 1 heterocycles. The van der Waals surface area contributed by atoms with Crippen LogP contribution in [0.2, 0.25) is 0 Å². The number of furan rings is 1. The van der Waals surface area contributed by atoms with Gasteiger partial charge in [0.1, 0.15) is 11.3 Å². The van der Waals surface area contributed by atoms with Gasteiger partial charge in [-0.3, -0.25) is 4.79 Å². The first-order chi connectivity index (χ1) is 14.1. The molecule has 0 aliphatic rings. The Morgan fingerprint density at radius 3 is 2.17 bits per heavy atom. The van der Waals surface area contributed by atoms with Crippen molar-refractivity contribution in [1.29, 1.82) is 0 Å². The van der Waals surface area contributed by atoms with Crippen LogP contribution in [0.5, 0.6) is 5.75 Å². The minimum absolute atomic E-state index is 0.0706. The molecular weight excluding hydrogens is 362 g/mol. The van der Waals surface area contributed by atoms with Gasteiger partial charge < -0.3 is 14.5 Å². The van der Waals surface area contributed by atoms with Gasteiger partial charge in [-0.1, -0.05) is 60.7 Å². The van der Waals surface area contributed by atoms with Crippen LogP contribution in [0, 0.1) is 0 Å². The van der Waals surface area contributed by atoms with Crippen LogP contribution in [0.4, 0.5) is 0 Å². The van der Waals surface area contributed by atoms with Crippen LogP contribution in [0.15, 0.2) is 89.5 Å². The maximum atomic E-state index is 13.1. The standard InChI is InChI=1S/C25H23NO3/c1-25(19-9-5-3-6-10-19,20-11-7-4-8-12-20)26-24(27)15-18-17-29-23-16-21(28-2)13-14-22(18)23/h3-14,16-17H,15H2,1-2H3,(H,26,27). The van der Waals surface area contributed by atoms with Gasteiger partial charge in [0.05, 0.1) is 25.3 Å². The molecule has 4 heteroatoms. The van der Waals surface area contributed by atoms with E-state index in [9.17, 15) is 4.79 Å². The van der Waals surface area contributed by atoms with Crippen molar-refractivity contribution in [3.8, 4) is 5.75 Å². The van der Waals surface area contributed by atoms with Crippen LogP contribution in [-0.2, 0) is 16.8 Å². The molecule has 4 rings (SSSR count). The molecular formula is C25H23NO3. The molecule has 3 aromatic carbocycles. The number of ether oxygens (including phenoxy) is 1. The summed E-state index contributed by atoms with van der Waals surface area (Å²) < 4.78 is 10.9. The molecule has 0 radical (unpaired) electrons. The number of hydrogen-bond acceptors (Lipinski definition) is 3. The van der Waals surface area contributed by atoms with Crippen LogP contribution in [0.3, 0.4) is 0 Å². The molecule has 1 aromatic heterocycles. The van der Waals surface area contributed by atoms with E-state index in [1.807, 2.05) is 85.8 Å². The number of amides is 1. The molecule has 0 saturated heterocycles. The maximum absolute atomic E-state index is 13.1. The predicted molar refractivity (Wildman–Crippen MR) is 114 cm³/mol. The minimum atomic E-state index is -0.637. The van der Waals surface area contributed by atoms with E-state index >= 15 is 0 Å². The fourth-order valence-electron chi connectivity index (χ4n) is 3.68. The summed E-state index contributed by atoms with van der Waals surface area (Å²) in [5, 5.41) is 4.16. The Morgan fingerprint density at radius 1 is 0.966 bits per heavy atom. The number of fused-ring (bicyclic) bond motifs is 1. The zero-order chi connectivity index (χ0) is 20.3. The second kappa shape index (κ2) is 7.84. The first kappa shape index (κ1) is 18.8. The molecule has 0 aliphatic carbocycles. The Hall–Kier alpha value is -3.53. The quantitative estimate of drug-likeness (QED) is 0.504. The summed E-state index contributed by atoms with van der Waals surface area (Å²) in [5.74, 6) is 0.655. The van der Waals surface area contributed by atoms with Crippen LogP contribution in [0.25, 0.3) is 11.0 Å². The topological polar surface area (TPSA) is 51.5 Å². The molecule has 4 aromatic rings. The Kier molecular flexibility index (Phi) is 5.09. The Bertz CT molecular complexity index is 1080. The number of benzene rings is 3. The number of carbonyl (C=O) groups excluding carboxylic acids is 1. The summed E-state index contributed by atoms with van der Waals surface area (Å²) in [6, 6.07) is 25.7. The SMILES string of the molecule is COc1ccc2c(CC(=O)NC(C)(c3ccccc3)c3ccccc3)coc2c1. The van der Waals surface area contributed by atoms with Gasteiger partial charge in [0.15, 0.2) is 0 Å². The smallest absolute Gasteiger partial charge is 0.225 e. The Balaban J connectivity index is 1.63. The van der Waals surface area contributed by atoms with Crippen LogP contribution in [0.1, 0.15) is 23.6 Å². The van der Waals surface area contributed by atoms with E-state index in [1.54, 1.807) is 13.4 Å². The van der Waals surface area contributed by atoms with Gasteiger partial charge in [0, 0.05) is 17.0 Å². The number of nitrogens with one attached hydrogen (secondary N) is 1. The molecule has 1 amide bonds. The van der Waals surface area contributed by atoms with Crippen molar-refractivity contribution in [2.45, 2.75) is 18.9 Å². The van der Waals surface area contributed by atoms with Crippen molar-refractivity contribution >= 4 is 16.9 Å². The average Bonchev–Trinajstić information content (AvgIpc) is 3.16. The summed E-state index contributed by atoms with van der Waals surface area (Å²) in [7, 11) is 1.62. The largest absolute Gasteiger partial charge is 0.497 e. The third kappa shape index (κ3) is 3.74. The first-order valence-corrected chi connectivity index (χ1v) is 9.56. The molecule has 0 atom stereocenters. The van der Waals surface area contributed by atoms with E-state index in [0.29, 0.717) is 5.58 Å². The van der Waals surface area contributed by atoms with Crippen molar-refractivity contribution in [1.82, 2.24) is 5.32 Å². The number of carbonyl (C=O) groups is 1. The first-order valence-electron chi connectivity index (χ1n) is 9.56. The molecule has 0 bridgehead atoms. The van der Waals surface area contributed by atoms with Crippen LogP contribution in [-0.4, -0.2) is 13.0 Å². The monoisotopic (exact) mass is 385 g/mol. The highest BCUT2D eigenvalue weighted by Gasteiger charge is 2.30. The zero-order valence-electron chi connectivity index (χ0n) is 16.5. The van der Waals surface area contributed by atoms with E-state index < -0.39 is 5.54 Å². The fraction of sp³-hybridized carbons (Fsp3) is 0.160. The van der Waals surface area contributed by atoms with Gasteiger partial charge in [-0.25, -0.2) is 0 Å². The molecule has 0 spiro atoms. The number of methoxy groups -OCH3 is 1. The highest BCUT2D eigenvalue weighted by molar-refractivity contribution is 5.88. The van der Waals surface area contributed by atoms with Gasteiger partial charge in [0.25, 0.3) is 0 Å². The number of rotatable bonds is 6. The predicted octanol–water partition coefficient (Wildman–Crippen LogP) is 5.06. The third-order valence-corrected chi connectivity index (χ3v) is 5.31. The van der Waals surface area contributed by atoms with Gasteiger partial charge in [0.2, 0.25) is 5.91 Å². The Morgan fingerprint density at radius 2 is 1.59 bits per heavy atom. The van der Waals surface area contributed by atoms with E-state index in [2.05, 4.69) is 5.32 Å². The third-order valence-electron chi connectivity index (χ3n) is 5.31. The molecule has 4 nitrogen and oxygen atoms in total. The lowest BCUT2D eigenvalue weighted by Gasteiger charge is -2.32. The highest BCUT2D eigenvalue weighted by Crippen LogP contribution is 2.30. The second-order valence-corrected chi connectivity index (χ2v) is 7.21. The summed E-state index contributed by atoms with van der Waals surface area (Å²) in [5.41, 5.74) is 2.98. The molecule has 0 saturated carbocycles. The van der Waals surface area contributed by atoms with Crippen molar-refractivity contribution in [3.63, 3.8) is 0 Å². The lowest BCUT2D eigenvalue weighted by molar-refractivity contribution is -0.121. The van der Waals surface area contributed by atoms with Crippen molar-refractivity contribution in [3.05, 3.63) is 102 Å². The van der Waals surface area contributed by atoms with E-state index in [0.717, 1.165) is 27.8 Å². The highest BCUT2D eigenvalue weighted by atomic mass is 16.5. The zero-order valence-corrected chi connectivity index (χ0v) is 16.5. The lowest BCUT2D eigenvalue weighted by Crippen LogP contribution is -2.45. The molecule has 0 fully saturated rings. The van der Waals surface area contributed by atoms with Crippen molar-refractivity contribution in [2.75, 3.05) is 7.11 Å². The van der Waals surface area contributed by atoms with Crippen molar-refractivity contribution < 1.29 is 13.9 Å². The lowest BCUT2D eigenvalue weighted by atomic mass is 9.84. The minimum Gasteiger partial charge on any atom is -0.497 e. The molecule has 0 aliphatic heterocycles. The Labute approximate surface area is 170 Å². The average molecular weight is 385 g/mol. The summed E-state index contributed by atoms with van der Waals surface area (Å²) in [4.78, 5) is 13.1. The van der Waals surface area contributed by atoms with Gasteiger partial charge in [-0.15, -0.1) is 0 Å². The molecule has 29 heavy (non-hydrogen) atoms. The second-order valence-electron chi connectivity index (χ2n) is 7.21. The summed E-state index contributed by atoms with van der Waals surface area (Å²) in [6.07, 6.45) is 1.88. The molecule has 0 unspecified atom stereocenters. The maximum Gasteiger partial charge on any atom is 0.225 e. The van der Waals surface area contributed by atoms with Crippen LogP contribution < -0.4 is 10.1 Å². The molecule has 146 valence electrons. The molecule has 1 N–H and O–H groups in total. The summed E-state index contributed by atoms with van der Waals surface area (Å²) in [6.45, 7) is 2.04. The van der Waals surface area contributed by atoms with E-state index in [1.165, 1.54) is 0 Å². The van der Waals surface area contributed by atoms with E-state index in [-0.39, 0.29) is 12.3 Å². The van der Waals surface area contributed by atoms with Gasteiger partial charge >= 0.3 is 0 Å². The van der Waals surface area contributed by atoms with Gasteiger partial charge in [-0.05, 0) is 30.2 Å². The number of hydrogen-bond donors (Lipinski definition) is 1. The van der Waals surface area contributed by atoms with Crippen LogP contribution >= 0.6 is 0 Å². The van der Waals surface area contributed by atoms with Gasteiger partial charge in [-0.2, -0.15) is 0 Å².